The molecule has 0 unspecified atom stereocenters. The maximum atomic E-state index is 13.9. The molecule has 1 N–H and O–H groups in total. The van der Waals surface area contributed by atoms with E-state index in [1.807, 2.05) is 52.8 Å². The first-order valence-corrected chi connectivity index (χ1v) is 10.9. The van der Waals surface area contributed by atoms with E-state index >= 15 is 0 Å². The van der Waals surface area contributed by atoms with Crippen LogP contribution in [0.3, 0.4) is 0 Å². The molecule has 3 heterocycles. The van der Waals surface area contributed by atoms with E-state index in [0.717, 1.165) is 41.1 Å². The molecule has 0 saturated carbocycles. The molecule has 7 heteroatoms. The van der Waals surface area contributed by atoms with Crippen molar-refractivity contribution in [3.63, 3.8) is 0 Å². The van der Waals surface area contributed by atoms with Crippen molar-refractivity contribution in [1.82, 2.24) is 14.3 Å². The summed E-state index contributed by atoms with van der Waals surface area (Å²) < 4.78 is 15.9. The average molecular weight is 432 g/mol. The predicted molar refractivity (Wildman–Crippen MR) is 126 cm³/mol. The van der Waals surface area contributed by atoms with Crippen LogP contribution < -0.4 is 10.2 Å². The van der Waals surface area contributed by atoms with Gasteiger partial charge in [-0.3, -0.25) is 0 Å². The van der Waals surface area contributed by atoms with Crippen molar-refractivity contribution in [2.75, 3.05) is 36.4 Å². The number of amides is 2. The van der Waals surface area contributed by atoms with Gasteiger partial charge in [0.2, 0.25) is 0 Å². The largest absolute Gasteiger partial charge is 0.353 e. The number of fused-ring (bicyclic) bond motifs is 3. The Morgan fingerprint density at radius 1 is 0.969 bits per heavy atom. The van der Waals surface area contributed by atoms with Gasteiger partial charge in [0, 0.05) is 44.1 Å². The van der Waals surface area contributed by atoms with Crippen LogP contribution >= 0.6 is 0 Å². The minimum atomic E-state index is -0.299. The van der Waals surface area contributed by atoms with Crippen molar-refractivity contribution in [3.05, 3.63) is 71.7 Å². The van der Waals surface area contributed by atoms with Gasteiger partial charge >= 0.3 is 6.03 Å². The van der Waals surface area contributed by atoms with E-state index in [1.54, 1.807) is 6.07 Å². The lowest BCUT2D eigenvalue weighted by Crippen LogP contribution is -2.38. The SMILES string of the molecule is Cc1ccc(NC(=O)N2CCCN(c3nc4cc(F)ccc4n4cccc34)CC2)cc1C. The third-order valence-corrected chi connectivity index (χ3v) is 6.24. The highest BCUT2D eigenvalue weighted by Gasteiger charge is 2.22. The fraction of sp³-hybridized carbons (Fsp3) is 0.280. The first kappa shape index (κ1) is 20.3. The number of urea groups is 1. The lowest BCUT2D eigenvalue weighted by Gasteiger charge is -2.24. The summed E-state index contributed by atoms with van der Waals surface area (Å²) in [7, 11) is 0. The zero-order valence-corrected chi connectivity index (χ0v) is 18.3. The molecule has 0 bridgehead atoms. The Balaban J connectivity index is 1.37. The highest BCUT2D eigenvalue weighted by molar-refractivity contribution is 5.89. The summed E-state index contributed by atoms with van der Waals surface area (Å²) in [5, 5.41) is 3.03. The molecule has 2 aromatic heterocycles. The summed E-state index contributed by atoms with van der Waals surface area (Å²) in [4.78, 5) is 21.7. The molecule has 1 saturated heterocycles. The van der Waals surface area contributed by atoms with Crippen LogP contribution in [-0.4, -0.2) is 46.5 Å². The molecule has 4 aromatic rings. The molecular weight excluding hydrogens is 405 g/mol. The van der Waals surface area contributed by atoms with Crippen LogP contribution in [0.4, 0.5) is 20.7 Å². The Labute approximate surface area is 186 Å². The number of carbonyl (C=O) groups is 1. The summed E-state index contributed by atoms with van der Waals surface area (Å²) in [5.74, 6) is 0.525. The molecule has 0 atom stereocenters. The number of hydrogen-bond donors (Lipinski definition) is 1. The smallest absolute Gasteiger partial charge is 0.321 e. The van der Waals surface area contributed by atoms with Gasteiger partial charge in [0.15, 0.2) is 5.82 Å². The highest BCUT2D eigenvalue weighted by Crippen LogP contribution is 2.27. The normalized spacial score (nSPS) is 14.7. The quantitative estimate of drug-likeness (QED) is 0.487. The summed E-state index contributed by atoms with van der Waals surface area (Å²) in [6.07, 6.45) is 2.80. The minimum Gasteiger partial charge on any atom is -0.353 e. The zero-order chi connectivity index (χ0) is 22.2. The molecule has 0 spiro atoms. The Hall–Kier alpha value is -3.61. The molecule has 1 fully saturated rings. The first-order valence-electron chi connectivity index (χ1n) is 10.9. The van der Waals surface area contributed by atoms with Crippen LogP contribution in [-0.2, 0) is 0 Å². The molecule has 2 aromatic carbocycles. The van der Waals surface area contributed by atoms with E-state index in [1.165, 1.54) is 17.7 Å². The number of nitrogens with zero attached hydrogens (tertiary/aromatic N) is 4. The van der Waals surface area contributed by atoms with Gasteiger partial charge < -0.3 is 19.5 Å². The van der Waals surface area contributed by atoms with Crippen molar-refractivity contribution in [2.45, 2.75) is 20.3 Å². The van der Waals surface area contributed by atoms with E-state index in [-0.39, 0.29) is 11.8 Å². The molecular formula is C25H26FN5O. The standard InChI is InChI=1S/C25H26FN5O/c1-17-6-8-20(15-18(17)2)27-25(32)30-11-4-10-29(13-14-30)24-23-5-3-12-31(23)22-9-7-19(26)16-21(22)28-24/h3,5-9,12,15-16H,4,10-11,13-14H2,1-2H3,(H,27,32). The van der Waals surface area contributed by atoms with Crippen molar-refractivity contribution >= 4 is 34.1 Å². The number of benzene rings is 2. The molecule has 2 amide bonds. The Kier molecular flexibility index (Phi) is 5.17. The molecule has 164 valence electrons. The second-order valence-electron chi connectivity index (χ2n) is 8.39. The lowest BCUT2D eigenvalue weighted by atomic mass is 10.1. The van der Waals surface area contributed by atoms with E-state index in [9.17, 15) is 9.18 Å². The van der Waals surface area contributed by atoms with Crippen molar-refractivity contribution < 1.29 is 9.18 Å². The highest BCUT2D eigenvalue weighted by atomic mass is 19.1. The number of rotatable bonds is 2. The lowest BCUT2D eigenvalue weighted by molar-refractivity contribution is 0.215. The second kappa shape index (κ2) is 8.15. The minimum absolute atomic E-state index is 0.0866. The van der Waals surface area contributed by atoms with Crippen molar-refractivity contribution in [3.8, 4) is 0 Å². The van der Waals surface area contributed by atoms with Gasteiger partial charge in [0.1, 0.15) is 5.82 Å². The topological polar surface area (TPSA) is 52.9 Å². The number of hydrogen-bond acceptors (Lipinski definition) is 3. The molecule has 5 rings (SSSR count). The van der Waals surface area contributed by atoms with Gasteiger partial charge in [0.05, 0.1) is 16.6 Å². The van der Waals surface area contributed by atoms with Gasteiger partial charge in [-0.1, -0.05) is 6.07 Å². The molecule has 6 nitrogen and oxygen atoms in total. The van der Waals surface area contributed by atoms with Gasteiger partial charge in [-0.05, 0) is 67.8 Å². The zero-order valence-electron chi connectivity index (χ0n) is 18.3. The number of aromatic nitrogens is 2. The van der Waals surface area contributed by atoms with Crippen LogP contribution in [0.1, 0.15) is 17.5 Å². The molecule has 0 aliphatic carbocycles. The monoisotopic (exact) mass is 431 g/mol. The van der Waals surface area contributed by atoms with Gasteiger partial charge in [-0.25, -0.2) is 14.2 Å². The fourth-order valence-corrected chi connectivity index (χ4v) is 4.32. The third-order valence-electron chi connectivity index (χ3n) is 6.24. The number of carbonyl (C=O) groups excluding carboxylic acids is 1. The second-order valence-corrected chi connectivity index (χ2v) is 8.39. The van der Waals surface area contributed by atoms with Crippen LogP contribution in [0.15, 0.2) is 54.7 Å². The average Bonchev–Trinajstić information content (AvgIpc) is 3.13. The van der Waals surface area contributed by atoms with Crippen molar-refractivity contribution in [1.29, 1.82) is 0 Å². The van der Waals surface area contributed by atoms with Crippen LogP contribution in [0.25, 0.3) is 16.6 Å². The van der Waals surface area contributed by atoms with Crippen LogP contribution in [0.2, 0.25) is 0 Å². The number of aryl methyl sites for hydroxylation is 2. The molecule has 1 aliphatic rings. The first-order chi connectivity index (χ1) is 15.5. The number of nitrogens with one attached hydrogen (secondary N) is 1. The Morgan fingerprint density at radius 2 is 1.84 bits per heavy atom. The van der Waals surface area contributed by atoms with Crippen LogP contribution in [0, 0.1) is 19.7 Å². The summed E-state index contributed by atoms with van der Waals surface area (Å²) in [5.41, 5.74) is 5.65. The Morgan fingerprint density at radius 3 is 2.69 bits per heavy atom. The fourth-order valence-electron chi connectivity index (χ4n) is 4.32. The number of halogens is 1. The van der Waals surface area contributed by atoms with Crippen molar-refractivity contribution in [2.24, 2.45) is 0 Å². The van der Waals surface area contributed by atoms with E-state index in [4.69, 9.17) is 4.98 Å². The third kappa shape index (κ3) is 3.75. The maximum Gasteiger partial charge on any atom is 0.321 e. The van der Waals surface area contributed by atoms with E-state index in [2.05, 4.69) is 17.1 Å². The van der Waals surface area contributed by atoms with Gasteiger partial charge in [0.25, 0.3) is 0 Å². The van der Waals surface area contributed by atoms with Gasteiger partial charge in [-0.2, -0.15) is 0 Å². The van der Waals surface area contributed by atoms with Gasteiger partial charge in [-0.15, -0.1) is 0 Å². The van der Waals surface area contributed by atoms with E-state index in [0.29, 0.717) is 25.2 Å². The van der Waals surface area contributed by atoms with Crippen LogP contribution in [0.5, 0.6) is 0 Å². The molecule has 32 heavy (non-hydrogen) atoms. The molecule has 1 aliphatic heterocycles. The maximum absolute atomic E-state index is 13.9. The predicted octanol–water partition coefficient (Wildman–Crippen LogP) is 4.99. The Bertz CT molecular complexity index is 1310. The van der Waals surface area contributed by atoms with E-state index < -0.39 is 0 Å². The number of anilines is 2. The summed E-state index contributed by atoms with van der Waals surface area (Å²) in [6.45, 7) is 6.80. The summed E-state index contributed by atoms with van der Waals surface area (Å²) in [6, 6.07) is 14.6. The summed E-state index contributed by atoms with van der Waals surface area (Å²) >= 11 is 0. The molecule has 0 radical (unpaired) electrons.